The van der Waals surface area contributed by atoms with Crippen LogP contribution in [0.3, 0.4) is 0 Å². The van der Waals surface area contributed by atoms with Gasteiger partial charge in [0.25, 0.3) is 0 Å². The summed E-state index contributed by atoms with van der Waals surface area (Å²) >= 11 is 1.52. The SMILES string of the molecule is CCC(NC(=O)CCC(=O)Nc1ccccc1C(C)C)c1nccs1. The molecule has 25 heavy (non-hydrogen) atoms. The quantitative estimate of drug-likeness (QED) is 0.740. The molecule has 0 aliphatic heterocycles. The fraction of sp³-hybridized carbons (Fsp3) is 0.421. The molecule has 2 N–H and O–H groups in total. The van der Waals surface area contributed by atoms with E-state index in [1.54, 1.807) is 6.20 Å². The molecule has 134 valence electrons. The van der Waals surface area contributed by atoms with Gasteiger partial charge in [-0.05, 0) is 24.0 Å². The highest BCUT2D eigenvalue weighted by Crippen LogP contribution is 2.24. The number of amides is 2. The fourth-order valence-electron chi connectivity index (χ4n) is 2.57. The molecule has 2 rings (SSSR count). The number of nitrogens with one attached hydrogen (secondary N) is 2. The molecule has 0 radical (unpaired) electrons. The van der Waals surface area contributed by atoms with E-state index in [0.717, 1.165) is 22.7 Å². The van der Waals surface area contributed by atoms with Crippen LogP contribution in [-0.4, -0.2) is 16.8 Å². The average Bonchev–Trinajstić information content (AvgIpc) is 3.12. The summed E-state index contributed by atoms with van der Waals surface area (Å²) in [5, 5.41) is 8.65. The minimum absolute atomic E-state index is 0.0859. The molecule has 1 unspecified atom stereocenters. The van der Waals surface area contributed by atoms with Gasteiger partial charge in [0.2, 0.25) is 11.8 Å². The Bertz CT molecular complexity index is 698. The Kier molecular flexibility index (Phi) is 7.13. The molecule has 1 atom stereocenters. The number of aromatic nitrogens is 1. The normalized spacial score (nSPS) is 12.0. The fourth-order valence-corrected chi connectivity index (χ4v) is 3.34. The van der Waals surface area contributed by atoms with Gasteiger partial charge in [0, 0.05) is 30.1 Å². The van der Waals surface area contributed by atoms with Gasteiger partial charge >= 0.3 is 0 Å². The molecule has 0 bridgehead atoms. The van der Waals surface area contributed by atoms with Crippen LogP contribution in [0.4, 0.5) is 5.69 Å². The molecular weight excluding hydrogens is 334 g/mol. The van der Waals surface area contributed by atoms with E-state index in [1.165, 1.54) is 11.3 Å². The number of thiazole rings is 1. The van der Waals surface area contributed by atoms with Gasteiger partial charge < -0.3 is 10.6 Å². The Morgan fingerprint density at radius 3 is 2.52 bits per heavy atom. The van der Waals surface area contributed by atoms with Crippen molar-refractivity contribution in [3.8, 4) is 0 Å². The van der Waals surface area contributed by atoms with Gasteiger partial charge in [-0.2, -0.15) is 0 Å². The molecule has 0 aliphatic carbocycles. The van der Waals surface area contributed by atoms with Crippen LogP contribution in [0.1, 0.15) is 62.6 Å². The van der Waals surface area contributed by atoms with E-state index < -0.39 is 0 Å². The lowest BCUT2D eigenvalue weighted by Crippen LogP contribution is -2.29. The lowest BCUT2D eigenvalue weighted by atomic mass is 10.0. The molecular formula is C19H25N3O2S. The topological polar surface area (TPSA) is 71.1 Å². The highest BCUT2D eigenvalue weighted by molar-refractivity contribution is 7.09. The van der Waals surface area contributed by atoms with Gasteiger partial charge in [0.1, 0.15) is 5.01 Å². The summed E-state index contributed by atoms with van der Waals surface area (Å²) in [6.07, 6.45) is 2.83. The summed E-state index contributed by atoms with van der Waals surface area (Å²) in [5.41, 5.74) is 1.91. The first kappa shape index (κ1) is 19.1. The second-order valence-corrected chi connectivity index (χ2v) is 7.11. The number of hydrogen-bond donors (Lipinski definition) is 2. The zero-order valence-electron chi connectivity index (χ0n) is 14.9. The summed E-state index contributed by atoms with van der Waals surface area (Å²) < 4.78 is 0. The molecule has 5 nitrogen and oxygen atoms in total. The second kappa shape index (κ2) is 9.32. The molecule has 0 saturated heterocycles. The Labute approximate surface area is 152 Å². The molecule has 6 heteroatoms. The number of rotatable bonds is 8. The van der Waals surface area contributed by atoms with Crippen LogP contribution in [0.25, 0.3) is 0 Å². The second-order valence-electron chi connectivity index (χ2n) is 6.19. The van der Waals surface area contributed by atoms with E-state index in [2.05, 4.69) is 29.5 Å². The molecule has 1 aromatic carbocycles. The number of nitrogens with zero attached hydrogens (tertiary/aromatic N) is 1. The zero-order chi connectivity index (χ0) is 18.2. The van der Waals surface area contributed by atoms with Crippen molar-refractivity contribution in [3.05, 3.63) is 46.4 Å². The van der Waals surface area contributed by atoms with Crippen molar-refractivity contribution >= 4 is 28.8 Å². The summed E-state index contributed by atoms with van der Waals surface area (Å²) in [4.78, 5) is 28.5. The van der Waals surface area contributed by atoms with Gasteiger partial charge in [-0.25, -0.2) is 4.98 Å². The molecule has 0 fully saturated rings. The monoisotopic (exact) mass is 359 g/mol. The maximum absolute atomic E-state index is 12.2. The van der Waals surface area contributed by atoms with Crippen LogP contribution in [0, 0.1) is 0 Å². The predicted octanol–water partition coefficient (Wildman–Crippen LogP) is 4.25. The van der Waals surface area contributed by atoms with Gasteiger partial charge in [0.15, 0.2) is 0 Å². The third-order valence-corrected chi connectivity index (χ3v) is 4.82. The minimum atomic E-state index is -0.148. The van der Waals surface area contributed by atoms with Crippen LogP contribution in [0.2, 0.25) is 0 Å². The van der Waals surface area contributed by atoms with Crippen LogP contribution >= 0.6 is 11.3 Å². The first-order chi connectivity index (χ1) is 12.0. The van der Waals surface area contributed by atoms with Crippen LogP contribution in [0.5, 0.6) is 0 Å². The van der Waals surface area contributed by atoms with E-state index >= 15 is 0 Å². The minimum Gasteiger partial charge on any atom is -0.347 e. The number of para-hydroxylation sites is 1. The molecule has 1 aromatic heterocycles. The van der Waals surface area contributed by atoms with Crippen LogP contribution in [-0.2, 0) is 9.59 Å². The standard InChI is InChI=1S/C19H25N3O2S/c1-4-15(19-20-11-12-25-19)21-17(23)9-10-18(24)22-16-8-6-5-7-14(16)13(2)3/h5-8,11-13,15H,4,9-10H2,1-3H3,(H,21,23)(H,22,24). The molecule has 1 heterocycles. The Morgan fingerprint density at radius 2 is 1.88 bits per heavy atom. The first-order valence-electron chi connectivity index (χ1n) is 8.58. The van der Waals surface area contributed by atoms with Crippen molar-refractivity contribution in [1.82, 2.24) is 10.3 Å². The van der Waals surface area contributed by atoms with E-state index in [1.807, 2.05) is 36.6 Å². The first-order valence-corrected chi connectivity index (χ1v) is 9.46. The van der Waals surface area contributed by atoms with Gasteiger partial charge in [0.05, 0.1) is 6.04 Å². The maximum atomic E-state index is 12.2. The van der Waals surface area contributed by atoms with Gasteiger partial charge in [-0.1, -0.05) is 39.0 Å². The van der Waals surface area contributed by atoms with Crippen LogP contribution in [0.15, 0.2) is 35.8 Å². The third-order valence-electron chi connectivity index (χ3n) is 3.93. The van der Waals surface area contributed by atoms with E-state index in [-0.39, 0.29) is 30.7 Å². The Morgan fingerprint density at radius 1 is 1.16 bits per heavy atom. The van der Waals surface area contributed by atoms with Crippen molar-refractivity contribution in [3.63, 3.8) is 0 Å². The van der Waals surface area contributed by atoms with Crippen molar-refractivity contribution < 1.29 is 9.59 Å². The summed E-state index contributed by atoms with van der Waals surface area (Å²) in [6, 6.07) is 7.67. The average molecular weight is 359 g/mol. The molecule has 0 spiro atoms. The van der Waals surface area contributed by atoms with Crippen molar-refractivity contribution in [2.75, 3.05) is 5.32 Å². The highest BCUT2D eigenvalue weighted by Gasteiger charge is 2.16. The van der Waals surface area contributed by atoms with Gasteiger partial charge in [-0.3, -0.25) is 9.59 Å². The predicted molar refractivity (Wildman–Crippen MR) is 102 cm³/mol. The van der Waals surface area contributed by atoms with Crippen molar-refractivity contribution in [2.45, 2.75) is 52.0 Å². The smallest absolute Gasteiger partial charge is 0.224 e. The lowest BCUT2D eigenvalue weighted by Gasteiger charge is -2.15. The van der Waals surface area contributed by atoms with Crippen molar-refractivity contribution in [1.29, 1.82) is 0 Å². The molecule has 0 aliphatic rings. The number of hydrogen-bond acceptors (Lipinski definition) is 4. The number of benzene rings is 1. The van der Waals surface area contributed by atoms with Gasteiger partial charge in [-0.15, -0.1) is 11.3 Å². The largest absolute Gasteiger partial charge is 0.347 e. The summed E-state index contributed by atoms with van der Waals surface area (Å²) in [6.45, 7) is 6.17. The summed E-state index contributed by atoms with van der Waals surface area (Å²) in [7, 11) is 0. The highest BCUT2D eigenvalue weighted by atomic mass is 32.1. The van der Waals surface area contributed by atoms with E-state index in [9.17, 15) is 9.59 Å². The van der Waals surface area contributed by atoms with Crippen molar-refractivity contribution in [2.24, 2.45) is 0 Å². The zero-order valence-corrected chi connectivity index (χ0v) is 15.7. The molecule has 0 saturated carbocycles. The number of carbonyl (C=O) groups is 2. The molecule has 2 amide bonds. The Balaban J connectivity index is 1.84. The maximum Gasteiger partial charge on any atom is 0.224 e. The third kappa shape index (κ3) is 5.67. The Hall–Kier alpha value is -2.21. The number of carbonyl (C=O) groups excluding carboxylic acids is 2. The summed E-state index contributed by atoms with van der Waals surface area (Å²) in [5.74, 6) is 0.0447. The molecule has 2 aromatic rings. The van der Waals surface area contributed by atoms with E-state index in [0.29, 0.717) is 5.92 Å². The lowest BCUT2D eigenvalue weighted by molar-refractivity contribution is -0.124. The van der Waals surface area contributed by atoms with E-state index in [4.69, 9.17) is 0 Å². The number of anilines is 1. The van der Waals surface area contributed by atoms with Crippen LogP contribution < -0.4 is 10.6 Å².